The Labute approximate surface area is 223 Å². The van der Waals surface area contributed by atoms with Gasteiger partial charge >= 0.3 is 0 Å². The number of carbonyl (C=O) groups is 1. The molecule has 3 aromatic carbocycles. The molecule has 0 bridgehead atoms. The van der Waals surface area contributed by atoms with Crippen LogP contribution in [0.3, 0.4) is 0 Å². The van der Waals surface area contributed by atoms with Crippen LogP contribution in [-0.2, 0) is 9.53 Å². The molecular formula is C31H33N3O4. The Morgan fingerprint density at radius 3 is 2.32 bits per heavy atom. The van der Waals surface area contributed by atoms with E-state index in [9.17, 15) is 4.79 Å². The zero-order valence-corrected chi connectivity index (χ0v) is 21.3. The van der Waals surface area contributed by atoms with Crippen LogP contribution >= 0.6 is 0 Å². The Morgan fingerprint density at radius 2 is 1.66 bits per heavy atom. The van der Waals surface area contributed by atoms with E-state index in [1.807, 2.05) is 66.7 Å². The van der Waals surface area contributed by atoms with Crippen LogP contribution in [-0.4, -0.2) is 42.2 Å². The first-order valence-electron chi connectivity index (χ1n) is 12.6. The SMILES string of the molecule is C=CCNNC(=O)[C@@]1(CC=C)N=C(c2ccc(OCCCO)cc2)O[C@H]1c1ccc(-c2ccccc2)cc1. The fraction of sp³-hybridized carbons (Fsp3) is 0.226. The first-order chi connectivity index (χ1) is 18.6. The minimum absolute atomic E-state index is 0.0750. The van der Waals surface area contributed by atoms with Crippen molar-refractivity contribution in [1.29, 1.82) is 0 Å². The van der Waals surface area contributed by atoms with Gasteiger partial charge in [0.15, 0.2) is 11.6 Å². The summed E-state index contributed by atoms with van der Waals surface area (Å²) in [5.41, 5.74) is 8.09. The number of aliphatic imine (C=N–C) groups is 1. The third-order valence-corrected chi connectivity index (χ3v) is 6.25. The molecule has 38 heavy (non-hydrogen) atoms. The Kier molecular flexibility index (Phi) is 9.08. The maximum Gasteiger partial charge on any atom is 0.266 e. The van der Waals surface area contributed by atoms with Crippen LogP contribution in [0.15, 0.2) is 109 Å². The monoisotopic (exact) mass is 511 g/mol. The Hall–Kier alpha value is -4.20. The van der Waals surface area contributed by atoms with Crippen LogP contribution in [0.2, 0.25) is 0 Å². The first-order valence-corrected chi connectivity index (χ1v) is 12.6. The Morgan fingerprint density at radius 1 is 0.974 bits per heavy atom. The number of carbonyl (C=O) groups excluding carboxylic acids is 1. The van der Waals surface area contributed by atoms with Crippen molar-refractivity contribution in [3.63, 3.8) is 0 Å². The van der Waals surface area contributed by atoms with Gasteiger partial charge in [-0.05, 0) is 41.0 Å². The minimum Gasteiger partial charge on any atom is -0.494 e. The van der Waals surface area contributed by atoms with E-state index in [0.29, 0.717) is 31.2 Å². The lowest BCUT2D eigenvalue weighted by molar-refractivity contribution is -0.129. The molecule has 0 radical (unpaired) electrons. The highest BCUT2D eigenvalue weighted by molar-refractivity contribution is 6.01. The van der Waals surface area contributed by atoms with Gasteiger partial charge < -0.3 is 14.6 Å². The zero-order valence-electron chi connectivity index (χ0n) is 21.3. The second-order valence-electron chi connectivity index (χ2n) is 8.89. The van der Waals surface area contributed by atoms with Gasteiger partial charge in [-0.15, -0.1) is 13.2 Å². The van der Waals surface area contributed by atoms with Crippen molar-refractivity contribution < 1.29 is 19.4 Å². The molecule has 7 heteroatoms. The summed E-state index contributed by atoms with van der Waals surface area (Å²) in [6, 6.07) is 25.4. The molecule has 0 unspecified atom stereocenters. The fourth-order valence-corrected chi connectivity index (χ4v) is 4.33. The number of hydrazine groups is 1. The molecule has 0 spiro atoms. The van der Waals surface area contributed by atoms with Crippen LogP contribution < -0.4 is 15.6 Å². The highest BCUT2D eigenvalue weighted by Gasteiger charge is 2.52. The summed E-state index contributed by atoms with van der Waals surface area (Å²) in [5, 5.41) is 8.97. The van der Waals surface area contributed by atoms with E-state index in [0.717, 1.165) is 22.3 Å². The lowest BCUT2D eigenvalue weighted by Gasteiger charge is -2.29. The quantitative estimate of drug-likeness (QED) is 0.175. The van der Waals surface area contributed by atoms with Crippen molar-refractivity contribution in [3.05, 3.63) is 115 Å². The number of hydrogen-bond donors (Lipinski definition) is 3. The van der Waals surface area contributed by atoms with Crippen LogP contribution in [0.1, 0.15) is 30.1 Å². The summed E-state index contributed by atoms with van der Waals surface area (Å²) in [6.07, 6.45) is 3.50. The van der Waals surface area contributed by atoms with Gasteiger partial charge in [0, 0.05) is 31.6 Å². The third kappa shape index (κ3) is 6.02. The van der Waals surface area contributed by atoms with Crippen molar-refractivity contribution in [2.24, 2.45) is 4.99 Å². The van der Waals surface area contributed by atoms with Gasteiger partial charge in [0.05, 0.1) is 6.61 Å². The van der Waals surface area contributed by atoms with Crippen molar-refractivity contribution in [3.8, 4) is 16.9 Å². The molecule has 2 atom stereocenters. The van der Waals surface area contributed by atoms with Gasteiger partial charge in [0.25, 0.3) is 5.91 Å². The molecule has 3 N–H and O–H groups in total. The van der Waals surface area contributed by atoms with E-state index in [1.165, 1.54) is 0 Å². The molecule has 0 fully saturated rings. The largest absolute Gasteiger partial charge is 0.494 e. The second-order valence-corrected chi connectivity index (χ2v) is 8.89. The van der Waals surface area contributed by atoms with Crippen molar-refractivity contribution in [1.82, 2.24) is 10.9 Å². The predicted octanol–water partition coefficient (Wildman–Crippen LogP) is 4.75. The molecule has 7 nitrogen and oxygen atoms in total. The molecule has 3 aromatic rings. The van der Waals surface area contributed by atoms with E-state index in [2.05, 4.69) is 36.1 Å². The molecular weight excluding hydrogens is 478 g/mol. The lowest BCUT2D eigenvalue weighted by Crippen LogP contribution is -2.52. The molecule has 0 saturated heterocycles. The number of benzene rings is 3. The molecule has 1 aliphatic heterocycles. The molecule has 4 rings (SSSR count). The molecule has 0 aromatic heterocycles. The number of nitrogens with zero attached hydrogens (tertiary/aromatic N) is 1. The number of amides is 1. The normalized spacial score (nSPS) is 18.2. The maximum absolute atomic E-state index is 13.6. The standard InChI is InChI=1S/C31H33N3O4/c1-3-19-31(30(36)34-32-20-4-2)28(25-13-11-24(12-14-25)23-9-6-5-7-10-23)38-29(33-31)26-15-17-27(18-16-26)37-22-8-21-35/h3-7,9-18,28,32,35H,1-2,8,19-22H2,(H,34,36)/t28-,31-/m0/s1. The van der Waals surface area contributed by atoms with Crippen LogP contribution in [0.4, 0.5) is 0 Å². The number of nitrogens with one attached hydrogen (secondary N) is 2. The molecule has 0 saturated carbocycles. The Balaban J connectivity index is 1.67. The van der Waals surface area contributed by atoms with E-state index in [-0.39, 0.29) is 18.9 Å². The van der Waals surface area contributed by atoms with Gasteiger partial charge in [-0.25, -0.2) is 10.4 Å². The van der Waals surface area contributed by atoms with E-state index >= 15 is 0 Å². The van der Waals surface area contributed by atoms with Crippen molar-refractivity contribution in [2.75, 3.05) is 19.8 Å². The lowest BCUT2D eigenvalue weighted by atomic mass is 9.84. The summed E-state index contributed by atoms with van der Waals surface area (Å²) in [5.74, 6) is 0.720. The average molecular weight is 512 g/mol. The number of rotatable bonds is 13. The highest BCUT2D eigenvalue weighted by atomic mass is 16.5. The van der Waals surface area contributed by atoms with E-state index in [1.54, 1.807) is 12.2 Å². The topological polar surface area (TPSA) is 92.2 Å². The summed E-state index contributed by atoms with van der Waals surface area (Å²) in [6.45, 7) is 8.49. The highest BCUT2D eigenvalue weighted by Crippen LogP contribution is 2.43. The summed E-state index contributed by atoms with van der Waals surface area (Å²) < 4.78 is 12.1. The number of hydrogen-bond acceptors (Lipinski definition) is 6. The van der Waals surface area contributed by atoms with Gasteiger partial charge in [0.2, 0.25) is 5.90 Å². The van der Waals surface area contributed by atoms with Crippen LogP contribution in [0.5, 0.6) is 5.75 Å². The molecule has 0 aliphatic carbocycles. The summed E-state index contributed by atoms with van der Waals surface area (Å²) in [4.78, 5) is 18.5. The fourth-order valence-electron chi connectivity index (χ4n) is 4.33. The van der Waals surface area contributed by atoms with Crippen LogP contribution in [0, 0.1) is 0 Å². The van der Waals surface area contributed by atoms with Gasteiger partial charge in [-0.3, -0.25) is 10.2 Å². The van der Waals surface area contributed by atoms with Crippen molar-refractivity contribution in [2.45, 2.75) is 24.5 Å². The summed E-state index contributed by atoms with van der Waals surface area (Å²) >= 11 is 0. The smallest absolute Gasteiger partial charge is 0.266 e. The van der Waals surface area contributed by atoms with E-state index < -0.39 is 11.6 Å². The Bertz CT molecular complexity index is 1260. The second kappa shape index (κ2) is 12.9. The molecule has 196 valence electrons. The first kappa shape index (κ1) is 26.9. The zero-order chi connectivity index (χ0) is 26.8. The molecule has 1 aliphatic rings. The van der Waals surface area contributed by atoms with Crippen LogP contribution in [0.25, 0.3) is 11.1 Å². The predicted molar refractivity (Wildman–Crippen MR) is 150 cm³/mol. The average Bonchev–Trinajstić information content (AvgIpc) is 3.35. The molecule has 1 heterocycles. The number of aliphatic hydroxyl groups excluding tert-OH is 1. The van der Waals surface area contributed by atoms with Crippen molar-refractivity contribution >= 4 is 11.8 Å². The minimum atomic E-state index is -1.27. The van der Waals surface area contributed by atoms with Gasteiger partial charge in [-0.2, -0.15) is 0 Å². The van der Waals surface area contributed by atoms with Gasteiger partial charge in [-0.1, -0.05) is 66.7 Å². The maximum atomic E-state index is 13.6. The summed E-state index contributed by atoms with van der Waals surface area (Å²) in [7, 11) is 0. The number of aliphatic hydroxyl groups is 1. The van der Waals surface area contributed by atoms with Gasteiger partial charge in [0.1, 0.15) is 5.75 Å². The molecule has 1 amide bonds. The third-order valence-electron chi connectivity index (χ3n) is 6.25. The van der Waals surface area contributed by atoms with E-state index in [4.69, 9.17) is 19.6 Å². The number of ether oxygens (including phenoxy) is 2.